The van der Waals surface area contributed by atoms with Crippen LogP contribution in [-0.2, 0) is 0 Å². The zero-order chi connectivity index (χ0) is 18.4. The molecule has 0 saturated heterocycles. The summed E-state index contributed by atoms with van der Waals surface area (Å²) in [7, 11) is 2.71. The third-order valence-corrected chi connectivity index (χ3v) is 3.26. The average Bonchev–Trinajstić information content (AvgIpc) is 2.61. The van der Waals surface area contributed by atoms with E-state index in [1.807, 2.05) is 0 Å². The predicted octanol–water partition coefficient (Wildman–Crippen LogP) is 1.42. The lowest BCUT2D eigenvalue weighted by Crippen LogP contribution is -2.25. The molecule has 2 aromatic rings. The number of hydrogen-bond donors (Lipinski definition) is 1. The van der Waals surface area contributed by atoms with Crippen molar-refractivity contribution in [2.75, 3.05) is 19.6 Å². The van der Waals surface area contributed by atoms with E-state index >= 15 is 0 Å². The van der Waals surface area contributed by atoms with Gasteiger partial charge in [0.05, 0.1) is 42.6 Å². The van der Waals surface area contributed by atoms with Gasteiger partial charge >= 0.3 is 0 Å². The van der Waals surface area contributed by atoms with Crippen LogP contribution in [0, 0.1) is 10.1 Å². The number of nitro groups is 1. The topological polar surface area (TPSA) is 126 Å². The summed E-state index contributed by atoms with van der Waals surface area (Å²) in [6.45, 7) is 0. The fourth-order valence-corrected chi connectivity index (χ4v) is 2.09. The second kappa shape index (κ2) is 7.77. The number of anilines is 1. The van der Waals surface area contributed by atoms with E-state index in [4.69, 9.17) is 9.47 Å². The van der Waals surface area contributed by atoms with Gasteiger partial charge < -0.3 is 19.4 Å². The highest BCUT2D eigenvalue weighted by Gasteiger charge is 2.15. The quantitative estimate of drug-likeness (QED) is 0.457. The van der Waals surface area contributed by atoms with Crippen molar-refractivity contribution in [1.82, 2.24) is 0 Å². The van der Waals surface area contributed by atoms with E-state index in [2.05, 4.69) is 10.5 Å². The molecule has 130 valence electrons. The van der Waals surface area contributed by atoms with Crippen molar-refractivity contribution in [1.29, 1.82) is 0 Å². The molecule has 0 aromatic heterocycles. The van der Waals surface area contributed by atoms with E-state index < -0.39 is 10.9 Å². The molecular weight excluding hydrogens is 330 g/mol. The molecule has 0 heterocycles. The van der Waals surface area contributed by atoms with Crippen LogP contribution in [0.15, 0.2) is 41.5 Å². The van der Waals surface area contributed by atoms with Crippen molar-refractivity contribution in [3.63, 3.8) is 0 Å². The van der Waals surface area contributed by atoms with E-state index in [0.29, 0.717) is 5.69 Å². The van der Waals surface area contributed by atoms with Crippen LogP contribution in [0.2, 0.25) is 0 Å². The number of carbonyl (C=O) groups excluding carboxylic acids is 1. The molecular formula is C16H14N3O6-. The van der Waals surface area contributed by atoms with Gasteiger partial charge in [-0.2, -0.15) is 5.10 Å². The normalized spacial score (nSPS) is 10.5. The number of hydrazone groups is 1. The molecule has 9 nitrogen and oxygen atoms in total. The third kappa shape index (κ3) is 4.02. The number of nitro benzene ring substituents is 1. The highest BCUT2D eigenvalue weighted by Crippen LogP contribution is 2.32. The number of aromatic carboxylic acids is 1. The number of nitrogens with one attached hydrogen (secondary N) is 1. The van der Waals surface area contributed by atoms with E-state index in [0.717, 1.165) is 0 Å². The van der Waals surface area contributed by atoms with Gasteiger partial charge in [0, 0.05) is 17.7 Å². The minimum Gasteiger partial charge on any atom is -0.545 e. The van der Waals surface area contributed by atoms with Crippen molar-refractivity contribution >= 4 is 23.6 Å². The van der Waals surface area contributed by atoms with Crippen LogP contribution >= 0.6 is 0 Å². The van der Waals surface area contributed by atoms with Crippen molar-refractivity contribution in [2.24, 2.45) is 5.10 Å². The second-order valence-electron chi connectivity index (χ2n) is 4.73. The first kappa shape index (κ1) is 17.7. The van der Waals surface area contributed by atoms with Crippen LogP contribution in [-0.4, -0.2) is 31.3 Å². The molecule has 1 N–H and O–H groups in total. The number of carboxylic acid groups (broad SMARTS) is 1. The zero-order valence-corrected chi connectivity index (χ0v) is 13.4. The highest BCUT2D eigenvalue weighted by atomic mass is 16.6. The Balaban J connectivity index is 2.25. The summed E-state index contributed by atoms with van der Waals surface area (Å²) in [5.41, 5.74) is 3.15. The molecule has 0 radical (unpaired) electrons. The Morgan fingerprint density at radius 3 is 2.36 bits per heavy atom. The van der Waals surface area contributed by atoms with Crippen molar-refractivity contribution in [2.45, 2.75) is 0 Å². The summed E-state index contributed by atoms with van der Waals surface area (Å²) in [6, 6.07) is 8.63. The molecule has 0 unspecified atom stereocenters. The van der Waals surface area contributed by atoms with Crippen molar-refractivity contribution in [3.05, 3.63) is 57.6 Å². The molecule has 0 aliphatic carbocycles. The number of carboxylic acids is 1. The van der Waals surface area contributed by atoms with Gasteiger partial charge in [-0.1, -0.05) is 0 Å². The Labute approximate surface area is 142 Å². The standard InChI is InChI=1S/C16H15N3O6/c1-24-13-8-3-10(14(16(20)21)15(13)25-2)9-17-18-11-4-6-12(7-5-11)19(22)23/h3-9,18H,1-2H3,(H,20,21)/p-1. The number of nitrogens with zero attached hydrogens (tertiary/aromatic N) is 2. The minimum absolute atomic E-state index is 0.0294. The Morgan fingerprint density at radius 1 is 1.16 bits per heavy atom. The van der Waals surface area contributed by atoms with Gasteiger partial charge in [-0.25, -0.2) is 0 Å². The first-order valence-corrected chi connectivity index (χ1v) is 6.97. The van der Waals surface area contributed by atoms with Gasteiger partial charge in [0.15, 0.2) is 11.5 Å². The molecule has 0 spiro atoms. The summed E-state index contributed by atoms with van der Waals surface area (Å²) in [4.78, 5) is 21.5. The molecule has 0 fully saturated rings. The largest absolute Gasteiger partial charge is 0.545 e. The van der Waals surface area contributed by atoms with E-state index in [1.165, 1.54) is 50.8 Å². The van der Waals surface area contributed by atoms with E-state index in [9.17, 15) is 20.0 Å². The number of benzene rings is 2. The molecule has 0 saturated carbocycles. The SMILES string of the molecule is COc1ccc(C=NNc2ccc([N+](=O)[O-])cc2)c(C(=O)[O-])c1OC. The van der Waals surface area contributed by atoms with Gasteiger partial charge in [-0.05, 0) is 24.3 Å². The Kier molecular flexibility index (Phi) is 5.51. The van der Waals surface area contributed by atoms with Crippen LogP contribution in [0.3, 0.4) is 0 Å². The van der Waals surface area contributed by atoms with Gasteiger partial charge in [-0.3, -0.25) is 15.5 Å². The first-order valence-electron chi connectivity index (χ1n) is 6.97. The number of methoxy groups -OCH3 is 2. The van der Waals surface area contributed by atoms with Crippen molar-refractivity contribution < 1.29 is 24.3 Å². The van der Waals surface area contributed by atoms with Gasteiger partial charge in [-0.15, -0.1) is 0 Å². The van der Waals surface area contributed by atoms with E-state index in [-0.39, 0.29) is 28.3 Å². The summed E-state index contributed by atoms with van der Waals surface area (Å²) in [5, 5.41) is 25.9. The number of carbonyl (C=O) groups is 1. The zero-order valence-electron chi connectivity index (χ0n) is 13.4. The highest BCUT2D eigenvalue weighted by molar-refractivity contribution is 6.01. The van der Waals surface area contributed by atoms with E-state index in [1.54, 1.807) is 6.07 Å². The van der Waals surface area contributed by atoms with Crippen molar-refractivity contribution in [3.8, 4) is 11.5 Å². The summed E-state index contributed by atoms with van der Waals surface area (Å²) < 4.78 is 10.1. The average molecular weight is 344 g/mol. The summed E-state index contributed by atoms with van der Waals surface area (Å²) in [6.07, 6.45) is 1.27. The van der Waals surface area contributed by atoms with Crippen LogP contribution in [0.25, 0.3) is 0 Å². The smallest absolute Gasteiger partial charge is 0.269 e. The fraction of sp³-hybridized carbons (Fsp3) is 0.125. The Morgan fingerprint density at radius 2 is 1.84 bits per heavy atom. The summed E-state index contributed by atoms with van der Waals surface area (Å²) >= 11 is 0. The number of ether oxygens (including phenoxy) is 2. The third-order valence-electron chi connectivity index (χ3n) is 3.26. The monoisotopic (exact) mass is 344 g/mol. The maximum atomic E-state index is 11.4. The van der Waals surface area contributed by atoms with Crippen LogP contribution in [0.5, 0.6) is 11.5 Å². The lowest BCUT2D eigenvalue weighted by molar-refractivity contribution is -0.384. The Bertz CT molecular complexity index is 817. The molecule has 0 atom stereocenters. The molecule has 2 rings (SSSR count). The molecule has 0 aliphatic heterocycles. The molecule has 25 heavy (non-hydrogen) atoms. The number of non-ortho nitro benzene ring substituents is 1. The van der Waals surface area contributed by atoms with Gasteiger partial charge in [0.25, 0.3) is 5.69 Å². The predicted molar refractivity (Wildman–Crippen MR) is 88.2 cm³/mol. The van der Waals surface area contributed by atoms with Gasteiger partial charge in [0.1, 0.15) is 0 Å². The van der Waals surface area contributed by atoms with Crippen LogP contribution in [0.1, 0.15) is 15.9 Å². The van der Waals surface area contributed by atoms with Gasteiger partial charge in [0.2, 0.25) is 0 Å². The summed E-state index contributed by atoms with van der Waals surface area (Å²) in [5.74, 6) is -1.16. The number of rotatable bonds is 7. The maximum absolute atomic E-state index is 11.4. The molecule has 0 aliphatic rings. The Hall–Kier alpha value is -3.62. The molecule has 2 aromatic carbocycles. The lowest BCUT2D eigenvalue weighted by atomic mass is 10.1. The molecule has 0 bridgehead atoms. The lowest BCUT2D eigenvalue weighted by Gasteiger charge is -2.15. The number of hydrogen-bond acceptors (Lipinski definition) is 8. The minimum atomic E-state index is -1.44. The first-order chi connectivity index (χ1) is 12.0. The molecule has 0 amide bonds. The van der Waals surface area contributed by atoms with Crippen LogP contribution in [0.4, 0.5) is 11.4 Å². The second-order valence-corrected chi connectivity index (χ2v) is 4.73. The fourth-order valence-electron chi connectivity index (χ4n) is 2.09. The maximum Gasteiger partial charge on any atom is 0.269 e. The van der Waals surface area contributed by atoms with Crippen LogP contribution < -0.4 is 20.0 Å². The molecule has 9 heteroatoms.